The number of morpholine rings is 1. The van der Waals surface area contributed by atoms with Gasteiger partial charge in [-0.2, -0.15) is 0 Å². The van der Waals surface area contributed by atoms with Gasteiger partial charge in [0, 0.05) is 37.4 Å². The zero-order valence-corrected chi connectivity index (χ0v) is 15.5. The molecule has 27 heavy (non-hydrogen) atoms. The number of anilines is 1. The summed E-state index contributed by atoms with van der Waals surface area (Å²) >= 11 is 0. The minimum absolute atomic E-state index is 0.118. The van der Waals surface area contributed by atoms with E-state index in [1.165, 1.54) is 5.56 Å². The molecule has 0 radical (unpaired) electrons. The van der Waals surface area contributed by atoms with Crippen LogP contribution in [0, 0.1) is 0 Å². The number of aromatic hydroxyl groups is 1. The number of benzene rings is 2. The van der Waals surface area contributed by atoms with Gasteiger partial charge in [-0.3, -0.25) is 4.79 Å². The third-order valence-corrected chi connectivity index (χ3v) is 5.64. The monoisotopic (exact) mass is 366 g/mol. The second-order valence-electron chi connectivity index (χ2n) is 7.30. The number of nitrogens with zero attached hydrogens (tertiary/aromatic N) is 2. The Hall–Kier alpha value is -2.53. The van der Waals surface area contributed by atoms with E-state index in [0.29, 0.717) is 11.7 Å². The van der Waals surface area contributed by atoms with Crippen molar-refractivity contribution in [1.29, 1.82) is 0 Å². The van der Waals surface area contributed by atoms with Gasteiger partial charge in [-0.15, -0.1) is 0 Å². The molecule has 0 bridgehead atoms. The number of ether oxygens (including phenoxy) is 1. The molecule has 2 aromatic carbocycles. The van der Waals surface area contributed by atoms with Crippen molar-refractivity contribution in [3.63, 3.8) is 0 Å². The van der Waals surface area contributed by atoms with Crippen LogP contribution in [0.2, 0.25) is 0 Å². The van der Waals surface area contributed by atoms with Crippen LogP contribution in [0.5, 0.6) is 5.75 Å². The first-order chi connectivity index (χ1) is 13.2. The molecule has 0 spiro atoms. The van der Waals surface area contributed by atoms with Crippen molar-refractivity contribution >= 4 is 11.6 Å². The second kappa shape index (κ2) is 8.01. The Bertz CT molecular complexity index is 759. The SMILES string of the molecule is O=C(c1ccc(N2CCOCC2)cc1)N1CCC(c2ccc(O)cc2)CC1. The van der Waals surface area contributed by atoms with Crippen molar-refractivity contribution in [2.75, 3.05) is 44.3 Å². The Labute approximate surface area is 160 Å². The van der Waals surface area contributed by atoms with Gasteiger partial charge in [-0.25, -0.2) is 0 Å². The van der Waals surface area contributed by atoms with Crippen LogP contribution in [0.15, 0.2) is 48.5 Å². The first-order valence-electron chi connectivity index (χ1n) is 9.72. The van der Waals surface area contributed by atoms with Crippen LogP contribution in [0.25, 0.3) is 0 Å². The molecule has 5 nitrogen and oxygen atoms in total. The lowest BCUT2D eigenvalue weighted by molar-refractivity contribution is 0.0713. The standard InChI is InChI=1S/C22H26N2O3/c25-21-7-3-17(4-8-21)18-9-11-24(12-10-18)22(26)19-1-5-20(6-2-19)23-13-15-27-16-14-23/h1-8,18,25H,9-16H2. The average molecular weight is 366 g/mol. The van der Waals surface area contributed by atoms with Gasteiger partial charge >= 0.3 is 0 Å². The third kappa shape index (κ3) is 4.08. The van der Waals surface area contributed by atoms with E-state index in [1.807, 2.05) is 41.3 Å². The number of hydrogen-bond donors (Lipinski definition) is 1. The molecule has 2 heterocycles. The van der Waals surface area contributed by atoms with Crippen molar-refractivity contribution in [3.8, 4) is 5.75 Å². The van der Waals surface area contributed by atoms with Crippen LogP contribution in [-0.4, -0.2) is 55.3 Å². The van der Waals surface area contributed by atoms with Gasteiger partial charge in [0.2, 0.25) is 0 Å². The number of likely N-dealkylation sites (tertiary alicyclic amines) is 1. The van der Waals surface area contributed by atoms with Crippen LogP contribution < -0.4 is 4.90 Å². The van der Waals surface area contributed by atoms with Gasteiger partial charge in [0.1, 0.15) is 5.75 Å². The summed E-state index contributed by atoms with van der Waals surface area (Å²) in [7, 11) is 0. The summed E-state index contributed by atoms with van der Waals surface area (Å²) in [5, 5.41) is 9.44. The van der Waals surface area contributed by atoms with E-state index in [4.69, 9.17) is 4.74 Å². The Morgan fingerprint density at radius 2 is 1.52 bits per heavy atom. The quantitative estimate of drug-likeness (QED) is 0.906. The lowest BCUT2D eigenvalue weighted by Crippen LogP contribution is -2.38. The van der Waals surface area contributed by atoms with Crippen LogP contribution >= 0.6 is 0 Å². The van der Waals surface area contributed by atoms with Gasteiger partial charge in [0.05, 0.1) is 13.2 Å². The number of piperidine rings is 1. The molecule has 0 aromatic heterocycles. The number of phenolic OH excluding ortho intramolecular Hbond substituents is 1. The minimum atomic E-state index is 0.118. The molecule has 0 atom stereocenters. The Morgan fingerprint density at radius 1 is 0.889 bits per heavy atom. The molecule has 5 heteroatoms. The van der Waals surface area contributed by atoms with Crippen LogP contribution in [0.4, 0.5) is 5.69 Å². The fourth-order valence-corrected chi connectivity index (χ4v) is 3.98. The highest BCUT2D eigenvalue weighted by atomic mass is 16.5. The molecule has 2 saturated heterocycles. The summed E-state index contributed by atoms with van der Waals surface area (Å²) in [6.45, 7) is 4.87. The largest absolute Gasteiger partial charge is 0.508 e. The van der Waals surface area contributed by atoms with Crippen molar-refractivity contribution in [2.24, 2.45) is 0 Å². The zero-order chi connectivity index (χ0) is 18.6. The van der Waals surface area contributed by atoms with E-state index in [2.05, 4.69) is 4.90 Å². The predicted octanol–water partition coefficient (Wildman–Crippen LogP) is 3.25. The van der Waals surface area contributed by atoms with Crippen molar-refractivity contribution in [1.82, 2.24) is 4.90 Å². The van der Waals surface area contributed by atoms with Crippen LogP contribution in [0.1, 0.15) is 34.7 Å². The van der Waals surface area contributed by atoms with Gasteiger partial charge in [0.15, 0.2) is 0 Å². The first-order valence-corrected chi connectivity index (χ1v) is 9.72. The predicted molar refractivity (Wildman–Crippen MR) is 105 cm³/mol. The molecule has 2 fully saturated rings. The molecule has 2 aliphatic rings. The first kappa shape index (κ1) is 17.9. The molecule has 142 valence electrons. The number of amides is 1. The van der Waals surface area contributed by atoms with Crippen molar-refractivity contribution in [3.05, 3.63) is 59.7 Å². The Balaban J connectivity index is 1.35. The lowest BCUT2D eigenvalue weighted by Gasteiger charge is -2.32. The van der Waals surface area contributed by atoms with E-state index in [-0.39, 0.29) is 5.91 Å². The number of hydrogen-bond acceptors (Lipinski definition) is 4. The van der Waals surface area contributed by atoms with E-state index < -0.39 is 0 Å². The molecule has 0 aliphatic carbocycles. The summed E-state index contributed by atoms with van der Waals surface area (Å²) in [5.74, 6) is 0.873. The average Bonchev–Trinajstić information content (AvgIpc) is 2.75. The molecular formula is C22H26N2O3. The number of carbonyl (C=O) groups is 1. The fraction of sp³-hybridized carbons (Fsp3) is 0.409. The van der Waals surface area contributed by atoms with Crippen molar-refractivity contribution in [2.45, 2.75) is 18.8 Å². The van der Waals surface area contributed by atoms with Gasteiger partial charge in [-0.05, 0) is 60.7 Å². The normalized spacial score (nSPS) is 18.5. The summed E-state index contributed by atoms with van der Waals surface area (Å²) in [6, 6.07) is 15.4. The molecule has 1 amide bonds. The molecule has 4 rings (SSSR count). The molecule has 0 saturated carbocycles. The highest BCUT2D eigenvalue weighted by molar-refractivity contribution is 5.94. The lowest BCUT2D eigenvalue weighted by atomic mass is 9.89. The van der Waals surface area contributed by atoms with Crippen LogP contribution in [-0.2, 0) is 4.74 Å². The van der Waals surface area contributed by atoms with Crippen molar-refractivity contribution < 1.29 is 14.6 Å². The molecular weight excluding hydrogens is 340 g/mol. The number of carbonyl (C=O) groups excluding carboxylic acids is 1. The Kier molecular flexibility index (Phi) is 5.30. The summed E-state index contributed by atoms with van der Waals surface area (Å²) in [6.07, 6.45) is 1.92. The molecule has 0 unspecified atom stereocenters. The van der Waals surface area contributed by atoms with Gasteiger partial charge in [-0.1, -0.05) is 12.1 Å². The van der Waals surface area contributed by atoms with Gasteiger partial charge < -0.3 is 19.6 Å². The Morgan fingerprint density at radius 3 is 2.15 bits per heavy atom. The van der Waals surface area contributed by atoms with E-state index >= 15 is 0 Å². The van der Waals surface area contributed by atoms with E-state index in [0.717, 1.165) is 63.5 Å². The van der Waals surface area contributed by atoms with E-state index in [9.17, 15) is 9.90 Å². The maximum atomic E-state index is 12.8. The van der Waals surface area contributed by atoms with Gasteiger partial charge in [0.25, 0.3) is 5.91 Å². The minimum Gasteiger partial charge on any atom is -0.508 e. The molecule has 2 aliphatic heterocycles. The highest BCUT2D eigenvalue weighted by Crippen LogP contribution is 2.29. The van der Waals surface area contributed by atoms with E-state index in [1.54, 1.807) is 12.1 Å². The number of phenols is 1. The zero-order valence-electron chi connectivity index (χ0n) is 15.5. The topological polar surface area (TPSA) is 53.0 Å². The molecule has 2 aromatic rings. The smallest absolute Gasteiger partial charge is 0.253 e. The third-order valence-electron chi connectivity index (χ3n) is 5.64. The fourth-order valence-electron chi connectivity index (χ4n) is 3.98. The number of rotatable bonds is 3. The second-order valence-corrected chi connectivity index (χ2v) is 7.30. The maximum Gasteiger partial charge on any atom is 0.253 e. The summed E-state index contributed by atoms with van der Waals surface area (Å²) in [5.41, 5.74) is 3.16. The highest BCUT2D eigenvalue weighted by Gasteiger charge is 2.24. The summed E-state index contributed by atoms with van der Waals surface area (Å²) in [4.78, 5) is 17.1. The van der Waals surface area contributed by atoms with Crippen LogP contribution in [0.3, 0.4) is 0 Å². The summed E-state index contributed by atoms with van der Waals surface area (Å²) < 4.78 is 5.39. The molecule has 1 N–H and O–H groups in total. The maximum absolute atomic E-state index is 12.8.